The molecule has 0 spiro atoms. The standard InChI is InChI=1S/C14H11Cl4NO3/c1-2-22-13(21)14(18)7-10(20)19(11(14)12(16)17)9-5-3-8(15)4-6-9/h3-6H,2,7H2,1H3. The van der Waals surface area contributed by atoms with Crippen LogP contribution in [0.1, 0.15) is 13.3 Å². The Labute approximate surface area is 147 Å². The Balaban J connectivity index is 2.52. The van der Waals surface area contributed by atoms with E-state index in [1.54, 1.807) is 31.2 Å². The molecule has 1 atom stereocenters. The van der Waals surface area contributed by atoms with Gasteiger partial charge in [0.1, 0.15) is 4.49 Å². The monoisotopic (exact) mass is 381 g/mol. The van der Waals surface area contributed by atoms with Gasteiger partial charge in [0.25, 0.3) is 0 Å². The van der Waals surface area contributed by atoms with E-state index in [-0.39, 0.29) is 23.2 Å². The molecule has 1 aliphatic heterocycles. The van der Waals surface area contributed by atoms with Crippen molar-refractivity contribution in [3.8, 4) is 0 Å². The number of hydrogen-bond donors (Lipinski definition) is 0. The van der Waals surface area contributed by atoms with Gasteiger partial charge >= 0.3 is 5.97 Å². The summed E-state index contributed by atoms with van der Waals surface area (Å²) in [5.41, 5.74) is 0.443. The fourth-order valence-corrected chi connectivity index (χ4v) is 3.25. The van der Waals surface area contributed by atoms with Crippen LogP contribution in [0.5, 0.6) is 0 Å². The number of carbonyl (C=O) groups is 2. The molecule has 1 aromatic rings. The minimum absolute atomic E-state index is 0.0109. The van der Waals surface area contributed by atoms with Gasteiger partial charge in [-0.25, -0.2) is 4.79 Å². The first-order valence-electron chi connectivity index (χ1n) is 6.31. The highest BCUT2D eigenvalue weighted by Gasteiger charge is 2.55. The Morgan fingerprint density at radius 2 is 1.91 bits per heavy atom. The topological polar surface area (TPSA) is 46.6 Å². The van der Waals surface area contributed by atoms with Gasteiger partial charge in [-0.1, -0.05) is 46.4 Å². The molecule has 1 aliphatic rings. The van der Waals surface area contributed by atoms with E-state index in [4.69, 9.17) is 51.1 Å². The number of rotatable bonds is 3. The lowest BCUT2D eigenvalue weighted by molar-refractivity contribution is -0.145. The third-order valence-corrected chi connectivity index (χ3v) is 4.18. The smallest absolute Gasteiger partial charge is 0.334 e. The van der Waals surface area contributed by atoms with Gasteiger partial charge in [-0.15, -0.1) is 0 Å². The van der Waals surface area contributed by atoms with Crippen molar-refractivity contribution in [1.29, 1.82) is 0 Å². The van der Waals surface area contributed by atoms with Crippen molar-refractivity contribution in [3.05, 3.63) is 39.5 Å². The molecule has 1 aromatic carbocycles. The number of anilines is 1. The molecule has 22 heavy (non-hydrogen) atoms. The maximum atomic E-state index is 12.3. The summed E-state index contributed by atoms with van der Waals surface area (Å²) in [6.45, 7) is 1.76. The van der Waals surface area contributed by atoms with Crippen LogP contribution < -0.4 is 4.90 Å². The molecule has 0 saturated carbocycles. The average molecular weight is 383 g/mol. The first-order chi connectivity index (χ1) is 10.3. The Morgan fingerprint density at radius 3 is 2.41 bits per heavy atom. The van der Waals surface area contributed by atoms with E-state index in [9.17, 15) is 9.59 Å². The number of amides is 1. The number of hydrogen-bond acceptors (Lipinski definition) is 3. The van der Waals surface area contributed by atoms with Gasteiger partial charge in [0.2, 0.25) is 5.91 Å². The number of alkyl halides is 1. The predicted octanol–water partition coefficient (Wildman–Crippen LogP) is 4.26. The molecular formula is C14H11Cl4NO3. The summed E-state index contributed by atoms with van der Waals surface area (Å²) in [4.78, 5) is 24.0. The van der Waals surface area contributed by atoms with Crippen molar-refractivity contribution >= 4 is 64.0 Å². The van der Waals surface area contributed by atoms with Crippen LogP contribution in [0, 0.1) is 0 Å². The second kappa shape index (κ2) is 6.67. The van der Waals surface area contributed by atoms with Crippen LogP contribution in [0.25, 0.3) is 0 Å². The number of halogens is 4. The maximum Gasteiger partial charge on any atom is 0.334 e. The third-order valence-electron chi connectivity index (χ3n) is 3.11. The fraction of sp³-hybridized carbons (Fsp3) is 0.286. The molecule has 0 N–H and O–H groups in total. The molecule has 1 saturated heterocycles. The molecule has 2 rings (SSSR count). The largest absolute Gasteiger partial charge is 0.464 e. The second-order valence-electron chi connectivity index (χ2n) is 4.51. The second-order valence-corrected chi connectivity index (χ2v) is 6.54. The van der Waals surface area contributed by atoms with Gasteiger partial charge in [0.05, 0.1) is 18.7 Å². The van der Waals surface area contributed by atoms with E-state index in [2.05, 4.69) is 0 Å². The lowest BCUT2D eigenvalue weighted by Gasteiger charge is -2.24. The zero-order valence-electron chi connectivity index (χ0n) is 11.4. The van der Waals surface area contributed by atoms with Crippen LogP contribution in [0.4, 0.5) is 5.69 Å². The van der Waals surface area contributed by atoms with Gasteiger partial charge in [-0.2, -0.15) is 0 Å². The molecule has 0 aromatic heterocycles. The van der Waals surface area contributed by atoms with Crippen molar-refractivity contribution in [3.63, 3.8) is 0 Å². The number of carbonyl (C=O) groups excluding carboxylic acids is 2. The molecule has 1 heterocycles. The van der Waals surface area contributed by atoms with E-state index in [1.165, 1.54) is 4.90 Å². The van der Waals surface area contributed by atoms with Gasteiger partial charge < -0.3 is 4.74 Å². The summed E-state index contributed by atoms with van der Waals surface area (Å²) in [5.74, 6) is -1.19. The fourth-order valence-electron chi connectivity index (χ4n) is 2.18. The van der Waals surface area contributed by atoms with Crippen LogP contribution in [0.3, 0.4) is 0 Å². The van der Waals surface area contributed by atoms with Crippen molar-refractivity contribution in [2.75, 3.05) is 11.5 Å². The normalized spacial score (nSPS) is 21.2. The minimum Gasteiger partial charge on any atom is -0.464 e. The van der Waals surface area contributed by atoms with Crippen LogP contribution in [0.2, 0.25) is 5.02 Å². The van der Waals surface area contributed by atoms with Crippen molar-refractivity contribution in [2.45, 2.75) is 18.2 Å². The molecule has 0 bridgehead atoms. The zero-order valence-corrected chi connectivity index (χ0v) is 14.4. The van der Waals surface area contributed by atoms with Gasteiger partial charge in [-0.3, -0.25) is 9.69 Å². The van der Waals surface area contributed by atoms with Crippen LogP contribution in [-0.4, -0.2) is 23.4 Å². The van der Waals surface area contributed by atoms with Crippen molar-refractivity contribution < 1.29 is 14.3 Å². The van der Waals surface area contributed by atoms with E-state index in [0.29, 0.717) is 10.7 Å². The molecule has 4 nitrogen and oxygen atoms in total. The molecule has 1 amide bonds. The van der Waals surface area contributed by atoms with E-state index < -0.39 is 16.8 Å². The zero-order chi connectivity index (χ0) is 16.5. The summed E-state index contributed by atoms with van der Waals surface area (Å²) >= 11 is 23.9. The van der Waals surface area contributed by atoms with E-state index >= 15 is 0 Å². The highest BCUT2D eigenvalue weighted by Crippen LogP contribution is 2.45. The Bertz CT molecular complexity index is 640. The predicted molar refractivity (Wildman–Crippen MR) is 87.5 cm³/mol. The summed E-state index contributed by atoms with van der Waals surface area (Å²) < 4.78 is 4.66. The molecule has 8 heteroatoms. The molecule has 1 fully saturated rings. The number of benzene rings is 1. The number of esters is 1. The number of nitrogens with zero attached hydrogens (tertiary/aromatic N) is 1. The van der Waals surface area contributed by atoms with Crippen molar-refractivity contribution in [1.82, 2.24) is 0 Å². The van der Waals surface area contributed by atoms with E-state index in [1.807, 2.05) is 0 Å². The lowest BCUT2D eigenvalue weighted by Crippen LogP contribution is -2.36. The molecule has 0 aliphatic carbocycles. The first-order valence-corrected chi connectivity index (χ1v) is 7.83. The van der Waals surface area contributed by atoms with Crippen molar-refractivity contribution in [2.24, 2.45) is 0 Å². The van der Waals surface area contributed by atoms with Gasteiger partial charge in [-0.05, 0) is 31.2 Å². The summed E-state index contributed by atoms with van der Waals surface area (Å²) in [5, 5.41) is 0.500. The summed E-state index contributed by atoms with van der Waals surface area (Å²) in [6.07, 6.45) is -0.297. The quantitative estimate of drug-likeness (QED) is 0.579. The molecule has 1 unspecified atom stereocenters. The maximum absolute atomic E-state index is 12.3. The molecule has 0 radical (unpaired) electrons. The lowest BCUT2D eigenvalue weighted by atomic mass is 10.1. The van der Waals surface area contributed by atoms with Crippen LogP contribution >= 0.6 is 46.4 Å². The third kappa shape index (κ3) is 3.06. The molecular weight excluding hydrogens is 372 g/mol. The minimum atomic E-state index is -1.74. The van der Waals surface area contributed by atoms with Crippen LogP contribution in [0.15, 0.2) is 34.5 Å². The highest BCUT2D eigenvalue weighted by atomic mass is 35.5. The van der Waals surface area contributed by atoms with Gasteiger partial charge in [0.15, 0.2) is 4.87 Å². The van der Waals surface area contributed by atoms with Crippen LogP contribution in [-0.2, 0) is 14.3 Å². The Hall–Kier alpha value is -0.940. The van der Waals surface area contributed by atoms with E-state index in [0.717, 1.165) is 0 Å². The summed E-state index contributed by atoms with van der Waals surface area (Å²) in [6, 6.07) is 6.40. The highest BCUT2D eigenvalue weighted by molar-refractivity contribution is 6.58. The SMILES string of the molecule is CCOC(=O)C1(Cl)CC(=O)N(c2ccc(Cl)cc2)C1=C(Cl)Cl. The van der Waals surface area contributed by atoms with Gasteiger partial charge in [0, 0.05) is 10.7 Å². The Kier molecular flexibility index (Phi) is 5.28. The molecule has 118 valence electrons. The average Bonchev–Trinajstić information content (AvgIpc) is 2.72. The number of ether oxygens (including phenoxy) is 1. The Morgan fingerprint density at radius 1 is 1.32 bits per heavy atom. The first kappa shape index (κ1) is 17.4. The summed E-state index contributed by atoms with van der Waals surface area (Å²) in [7, 11) is 0.